The van der Waals surface area contributed by atoms with Crippen molar-refractivity contribution in [3.63, 3.8) is 0 Å². The molecule has 3 aromatic rings. The fraction of sp³-hybridized carbons (Fsp3) is 0.130. The van der Waals surface area contributed by atoms with Crippen molar-refractivity contribution in [3.05, 3.63) is 91.3 Å². The van der Waals surface area contributed by atoms with E-state index in [2.05, 4.69) is 42.4 Å². The standard InChI is InChI=1S/C23H19Br2ClN2O3/c1-2-30-21-12-16(13-27-28-23(29)18-5-3-4-6-19(18)25)11-20(26)22(21)31-14-15-7-9-17(24)10-8-15/h3-13H,2,14H2,1H3,(H,28,29)/b27-13-. The van der Waals surface area contributed by atoms with Gasteiger partial charge in [-0.15, -0.1) is 0 Å². The highest BCUT2D eigenvalue weighted by molar-refractivity contribution is 9.10. The number of hydrazone groups is 1. The second-order valence-corrected chi connectivity index (χ2v) is 8.53. The van der Waals surface area contributed by atoms with Crippen LogP contribution in [0.15, 0.2) is 74.7 Å². The molecule has 0 aromatic heterocycles. The molecule has 0 aliphatic heterocycles. The highest BCUT2D eigenvalue weighted by Crippen LogP contribution is 2.37. The Labute approximate surface area is 202 Å². The molecule has 3 rings (SSSR count). The molecule has 3 aromatic carbocycles. The Kier molecular flexibility index (Phi) is 8.51. The van der Waals surface area contributed by atoms with E-state index < -0.39 is 0 Å². The van der Waals surface area contributed by atoms with E-state index in [0.29, 0.717) is 45.3 Å². The van der Waals surface area contributed by atoms with Crippen LogP contribution in [0.3, 0.4) is 0 Å². The van der Waals surface area contributed by atoms with Crippen LogP contribution in [0.2, 0.25) is 5.02 Å². The summed E-state index contributed by atoms with van der Waals surface area (Å²) in [5, 5.41) is 4.42. The van der Waals surface area contributed by atoms with Gasteiger partial charge in [-0.3, -0.25) is 4.79 Å². The number of rotatable bonds is 8. The van der Waals surface area contributed by atoms with Gasteiger partial charge in [-0.1, -0.05) is 51.8 Å². The molecule has 5 nitrogen and oxygen atoms in total. The maximum absolute atomic E-state index is 12.3. The highest BCUT2D eigenvalue weighted by atomic mass is 79.9. The Morgan fingerprint density at radius 1 is 1.10 bits per heavy atom. The third-order valence-corrected chi connectivity index (χ3v) is 5.63. The minimum atomic E-state index is -0.325. The first-order valence-corrected chi connectivity index (χ1v) is 11.4. The molecular weight excluding hydrogens is 548 g/mol. The molecule has 0 atom stereocenters. The number of benzene rings is 3. The van der Waals surface area contributed by atoms with Gasteiger partial charge in [-0.25, -0.2) is 5.43 Å². The van der Waals surface area contributed by atoms with E-state index in [1.807, 2.05) is 37.3 Å². The molecule has 0 fully saturated rings. The zero-order valence-corrected chi connectivity index (χ0v) is 20.5. The number of nitrogens with zero attached hydrogens (tertiary/aromatic N) is 1. The quantitative estimate of drug-likeness (QED) is 0.247. The van der Waals surface area contributed by atoms with Crippen molar-refractivity contribution in [2.24, 2.45) is 5.10 Å². The fourth-order valence-electron chi connectivity index (χ4n) is 2.67. The van der Waals surface area contributed by atoms with Crippen LogP contribution in [-0.2, 0) is 6.61 Å². The molecule has 160 valence electrons. The molecule has 1 amide bonds. The lowest BCUT2D eigenvalue weighted by molar-refractivity contribution is 0.0954. The molecule has 0 aliphatic rings. The molecule has 0 unspecified atom stereocenters. The van der Waals surface area contributed by atoms with Crippen molar-refractivity contribution in [3.8, 4) is 11.5 Å². The molecule has 0 heterocycles. The predicted molar refractivity (Wildman–Crippen MR) is 130 cm³/mol. The van der Waals surface area contributed by atoms with Gasteiger partial charge in [-0.2, -0.15) is 5.10 Å². The van der Waals surface area contributed by atoms with Crippen LogP contribution in [0.25, 0.3) is 0 Å². The number of carbonyl (C=O) groups is 1. The summed E-state index contributed by atoms with van der Waals surface area (Å²) in [6.45, 7) is 2.68. The van der Waals surface area contributed by atoms with E-state index in [1.54, 1.807) is 30.3 Å². The van der Waals surface area contributed by atoms with E-state index in [9.17, 15) is 4.79 Å². The van der Waals surface area contributed by atoms with E-state index in [1.165, 1.54) is 6.21 Å². The largest absolute Gasteiger partial charge is 0.490 e. The maximum Gasteiger partial charge on any atom is 0.272 e. The lowest BCUT2D eigenvalue weighted by atomic mass is 10.2. The fourth-order valence-corrected chi connectivity index (χ4v) is 3.68. The normalized spacial score (nSPS) is 10.8. The van der Waals surface area contributed by atoms with Gasteiger partial charge >= 0.3 is 0 Å². The van der Waals surface area contributed by atoms with Gasteiger partial charge in [0, 0.05) is 8.95 Å². The number of hydrogen-bond donors (Lipinski definition) is 1. The Morgan fingerprint density at radius 3 is 2.55 bits per heavy atom. The Morgan fingerprint density at radius 2 is 1.84 bits per heavy atom. The van der Waals surface area contributed by atoms with Crippen LogP contribution in [0.5, 0.6) is 11.5 Å². The first kappa shape index (κ1) is 23.3. The lowest BCUT2D eigenvalue weighted by Gasteiger charge is -2.14. The van der Waals surface area contributed by atoms with Crippen molar-refractivity contribution < 1.29 is 14.3 Å². The van der Waals surface area contributed by atoms with Crippen molar-refractivity contribution in [1.82, 2.24) is 5.43 Å². The van der Waals surface area contributed by atoms with E-state index >= 15 is 0 Å². The van der Waals surface area contributed by atoms with Crippen LogP contribution < -0.4 is 14.9 Å². The van der Waals surface area contributed by atoms with Gasteiger partial charge in [0.05, 0.1) is 23.4 Å². The molecule has 0 spiro atoms. The summed E-state index contributed by atoms with van der Waals surface area (Å²) in [7, 11) is 0. The van der Waals surface area contributed by atoms with Crippen molar-refractivity contribution in [2.45, 2.75) is 13.5 Å². The first-order chi connectivity index (χ1) is 15.0. The van der Waals surface area contributed by atoms with Gasteiger partial charge in [0.15, 0.2) is 11.5 Å². The minimum Gasteiger partial charge on any atom is -0.490 e. The van der Waals surface area contributed by atoms with Crippen LogP contribution in [0.1, 0.15) is 28.4 Å². The monoisotopic (exact) mass is 564 g/mol. The van der Waals surface area contributed by atoms with Crippen LogP contribution in [-0.4, -0.2) is 18.7 Å². The molecular formula is C23H19Br2ClN2O3. The number of ether oxygens (including phenoxy) is 2. The number of hydrogen-bond acceptors (Lipinski definition) is 4. The molecule has 31 heavy (non-hydrogen) atoms. The van der Waals surface area contributed by atoms with Crippen LogP contribution >= 0.6 is 43.5 Å². The second-order valence-electron chi connectivity index (χ2n) is 6.36. The average Bonchev–Trinajstić information content (AvgIpc) is 2.75. The smallest absolute Gasteiger partial charge is 0.272 e. The Bertz CT molecular complexity index is 1090. The molecule has 0 radical (unpaired) electrons. The van der Waals surface area contributed by atoms with E-state index in [-0.39, 0.29) is 5.91 Å². The summed E-state index contributed by atoms with van der Waals surface area (Å²) in [5.74, 6) is 0.640. The van der Waals surface area contributed by atoms with Crippen molar-refractivity contribution in [2.75, 3.05) is 6.61 Å². The number of halogens is 3. The zero-order chi connectivity index (χ0) is 22.2. The van der Waals surface area contributed by atoms with Gasteiger partial charge in [-0.05, 0) is 70.4 Å². The highest BCUT2D eigenvalue weighted by Gasteiger charge is 2.13. The molecule has 0 saturated heterocycles. The van der Waals surface area contributed by atoms with Crippen molar-refractivity contribution in [1.29, 1.82) is 0 Å². The summed E-state index contributed by atoms with van der Waals surface area (Å²) >= 11 is 13.2. The molecule has 0 bridgehead atoms. The third-order valence-electron chi connectivity index (χ3n) is 4.13. The van der Waals surface area contributed by atoms with Crippen molar-refractivity contribution >= 4 is 55.6 Å². The number of carbonyl (C=O) groups excluding carboxylic acids is 1. The van der Waals surface area contributed by atoms with Gasteiger partial charge in [0.25, 0.3) is 5.91 Å². The van der Waals surface area contributed by atoms with Crippen LogP contribution in [0, 0.1) is 0 Å². The summed E-state index contributed by atoms with van der Waals surface area (Å²) in [4.78, 5) is 12.3. The number of nitrogens with one attached hydrogen (secondary N) is 1. The number of amides is 1. The maximum atomic E-state index is 12.3. The Balaban J connectivity index is 1.73. The predicted octanol–water partition coefficient (Wildman–Crippen LogP) is 6.61. The second kappa shape index (κ2) is 11.3. The van der Waals surface area contributed by atoms with Gasteiger partial charge in [0.1, 0.15) is 6.61 Å². The van der Waals surface area contributed by atoms with Crippen LogP contribution in [0.4, 0.5) is 0 Å². The minimum absolute atomic E-state index is 0.325. The summed E-state index contributed by atoms with van der Waals surface area (Å²) in [6.07, 6.45) is 1.50. The summed E-state index contributed by atoms with van der Waals surface area (Å²) in [5.41, 5.74) is 4.66. The molecule has 1 N–H and O–H groups in total. The molecule has 0 saturated carbocycles. The first-order valence-electron chi connectivity index (χ1n) is 9.39. The lowest BCUT2D eigenvalue weighted by Crippen LogP contribution is -2.18. The van der Waals surface area contributed by atoms with Gasteiger partial charge in [0.2, 0.25) is 0 Å². The third kappa shape index (κ3) is 6.56. The summed E-state index contributed by atoms with van der Waals surface area (Å²) in [6, 6.07) is 18.4. The van der Waals surface area contributed by atoms with E-state index in [0.717, 1.165) is 10.0 Å². The molecule has 0 aliphatic carbocycles. The van der Waals surface area contributed by atoms with E-state index in [4.69, 9.17) is 21.1 Å². The topological polar surface area (TPSA) is 59.9 Å². The molecule has 8 heteroatoms. The van der Waals surface area contributed by atoms with Gasteiger partial charge < -0.3 is 9.47 Å². The Hall–Kier alpha value is -2.35. The summed E-state index contributed by atoms with van der Waals surface area (Å²) < 4.78 is 13.3. The SMILES string of the molecule is CCOc1cc(/C=N\NC(=O)c2ccccc2Br)cc(Cl)c1OCc1ccc(Br)cc1. The average molecular weight is 567 g/mol. The zero-order valence-electron chi connectivity index (χ0n) is 16.6.